The highest BCUT2D eigenvalue weighted by Gasteiger charge is 2.53. The van der Waals surface area contributed by atoms with Crippen molar-refractivity contribution < 1.29 is 19.4 Å². The summed E-state index contributed by atoms with van der Waals surface area (Å²) in [5.74, 6) is 0.766. The summed E-state index contributed by atoms with van der Waals surface area (Å²) in [5, 5.41) is 9.05. The van der Waals surface area contributed by atoms with Crippen molar-refractivity contribution in [2.45, 2.75) is 30.9 Å². The summed E-state index contributed by atoms with van der Waals surface area (Å²) >= 11 is 7.20. The maximum atomic E-state index is 14.3. The molecule has 43 heavy (non-hydrogen) atoms. The molecule has 0 aromatic heterocycles. The number of aliphatic hydroxyl groups is 1. The van der Waals surface area contributed by atoms with Crippen molar-refractivity contribution in [1.29, 1.82) is 0 Å². The Morgan fingerprint density at radius 1 is 0.907 bits per heavy atom. The number of aliphatic hydroxyl groups excluding tert-OH is 1. The molecule has 0 saturated heterocycles. The minimum atomic E-state index is -1.32. The molecule has 1 heterocycles. The van der Waals surface area contributed by atoms with Crippen molar-refractivity contribution in [3.05, 3.63) is 134 Å². The van der Waals surface area contributed by atoms with Crippen molar-refractivity contribution in [2.24, 2.45) is 4.99 Å². The van der Waals surface area contributed by atoms with Crippen LogP contribution in [0.15, 0.2) is 117 Å². The van der Waals surface area contributed by atoms with E-state index < -0.39 is 11.6 Å². The number of amides is 1. The van der Waals surface area contributed by atoms with Crippen LogP contribution in [0.5, 0.6) is 5.75 Å². The second kappa shape index (κ2) is 14.8. The molecule has 1 aliphatic rings. The number of ether oxygens (including phenoxy) is 2. The van der Waals surface area contributed by atoms with E-state index in [2.05, 4.69) is 54.8 Å². The number of hydrogen-bond donors (Lipinski definition) is 3. The predicted octanol–water partition coefficient (Wildman–Crippen LogP) is 6.34. The highest BCUT2D eigenvalue weighted by molar-refractivity contribution is 9.10. The maximum absolute atomic E-state index is 14.3. The van der Waals surface area contributed by atoms with E-state index in [1.807, 2.05) is 91.0 Å². The fourth-order valence-electron chi connectivity index (χ4n) is 4.96. The quantitative estimate of drug-likeness (QED) is 0.112. The van der Waals surface area contributed by atoms with Crippen molar-refractivity contribution in [3.8, 4) is 5.75 Å². The van der Waals surface area contributed by atoms with Gasteiger partial charge in [0.1, 0.15) is 5.75 Å². The molecule has 5 rings (SSSR count). The highest BCUT2D eigenvalue weighted by atomic mass is 79.9. The van der Waals surface area contributed by atoms with E-state index >= 15 is 0 Å². The van der Waals surface area contributed by atoms with Crippen LogP contribution in [0.3, 0.4) is 0 Å². The van der Waals surface area contributed by atoms with Crippen LogP contribution in [0.2, 0.25) is 0 Å². The van der Waals surface area contributed by atoms with Gasteiger partial charge < -0.3 is 14.6 Å². The van der Waals surface area contributed by atoms with Gasteiger partial charge in [0.15, 0.2) is 11.6 Å². The number of rotatable bonds is 13. The Hall–Kier alpha value is -3.50. The number of carbonyl (C=O) groups is 1. The van der Waals surface area contributed by atoms with E-state index in [1.54, 1.807) is 0 Å². The number of carbonyl (C=O) groups excluding carboxylic acids is 1. The maximum Gasteiger partial charge on any atom is 0.266 e. The fraction of sp³-hybridized carbons (Fsp3) is 0.235. The molecule has 0 saturated carbocycles. The molecule has 3 N–H and O–H groups in total. The van der Waals surface area contributed by atoms with E-state index in [1.165, 1.54) is 5.56 Å². The van der Waals surface area contributed by atoms with E-state index in [0.717, 1.165) is 32.1 Å². The fourth-order valence-corrected chi connectivity index (χ4v) is 5.72. The largest absolute Gasteiger partial charge is 0.494 e. The molecule has 0 spiro atoms. The Balaban J connectivity index is 1.48. The normalized spacial score (nSPS) is 17.7. The van der Waals surface area contributed by atoms with Crippen molar-refractivity contribution in [2.75, 3.05) is 19.8 Å². The Morgan fingerprint density at radius 3 is 2.35 bits per heavy atom. The second-order valence-electron chi connectivity index (χ2n) is 10.2. The number of nitrogens with one attached hydrogen (secondary N) is 2. The molecule has 0 bridgehead atoms. The van der Waals surface area contributed by atoms with E-state index in [-0.39, 0.29) is 12.5 Å². The van der Waals surface area contributed by atoms with Crippen LogP contribution in [-0.4, -0.2) is 42.2 Å². The van der Waals surface area contributed by atoms with Crippen LogP contribution in [0, 0.1) is 0 Å². The third kappa shape index (κ3) is 7.72. The molecule has 4 aromatic rings. The Morgan fingerprint density at radius 2 is 1.63 bits per heavy atom. The topological polar surface area (TPSA) is 92.2 Å². The summed E-state index contributed by atoms with van der Waals surface area (Å²) in [5.41, 5.74) is 8.44. The number of aliphatic imine (C=N–C) groups is 1. The minimum Gasteiger partial charge on any atom is -0.494 e. The molecule has 9 heteroatoms. The van der Waals surface area contributed by atoms with Gasteiger partial charge in [0, 0.05) is 46.1 Å². The molecular formula is C34H33Br2N3O4. The molecule has 0 radical (unpaired) electrons. The molecule has 2 atom stereocenters. The zero-order valence-electron chi connectivity index (χ0n) is 23.5. The van der Waals surface area contributed by atoms with Crippen LogP contribution < -0.4 is 15.6 Å². The van der Waals surface area contributed by atoms with Crippen LogP contribution >= 0.6 is 31.9 Å². The monoisotopic (exact) mass is 705 g/mol. The van der Waals surface area contributed by atoms with Crippen molar-refractivity contribution >= 4 is 43.7 Å². The van der Waals surface area contributed by atoms with Gasteiger partial charge in [-0.05, 0) is 60.0 Å². The molecule has 0 unspecified atom stereocenters. The smallest absolute Gasteiger partial charge is 0.266 e. The molecule has 7 nitrogen and oxygen atoms in total. The first-order chi connectivity index (χ1) is 21.0. The zero-order chi connectivity index (χ0) is 30.1. The van der Waals surface area contributed by atoms with Crippen LogP contribution in [0.1, 0.15) is 34.8 Å². The average Bonchev–Trinajstić information content (AvgIpc) is 3.41. The summed E-state index contributed by atoms with van der Waals surface area (Å²) < 4.78 is 14.1. The summed E-state index contributed by atoms with van der Waals surface area (Å²) in [6.45, 7) is 1.05. The van der Waals surface area contributed by atoms with Gasteiger partial charge in [-0.2, -0.15) is 0 Å². The third-order valence-corrected chi connectivity index (χ3v) is 8.44. The zero-order valence-corrected chi connectivity index (χ0v) is 26.7. The summed E-state index contributed by atoms with van der Waals surface area (Å²) in [7, 11) is 0. The molecule has 0 fully saturated rings. The first-order valence-electron chi connectivity index (χ1n) is 14.2. The third-order valence-electron chi connectivity index (χ3n) is 7.19. The number of hydrogen-bond acceptors (Lipinski definition) is 6. The minimum absolute atomic E-state index is 0.0722. The molecule has 1 aliphatic heterocycles. The summed E-state index contributed by atoms with van der Waals surface area (Å²) in [6, 6.07) is 33.2. The standard InChI is InChI=1S/C34H33Br2N3O4/c35-27-15-11-25(12-16-27)23-34(33(41)39-37-20-19-24-7-2-1-3-8-24)31(29-9-4-5-10-30(29)36)43-32(38-34)26-13-17-28(18-14-26)42-22-6-21-40/h1-5,7-18,31,37,40H,6,19-23H2,(H,39,41)/t31-,34-/m0/s1. The summed E-state index contributed by atoms with van der Waals surface area (Å²) in [4.78, 5) is 19.4. The second-order valence-corrected chi connectivity index (χ2v) is 12.0. The van der Waals surface area contributed by atoms with Crippen LogP contribution in [0.25, 0.3) is 0 Å². The Kier molecular flexibility index (Phi) is 10.6. The lowest BCUT2D eigenvalue weighted by Crippen LogP contribution is -2.54. The highest BCUT2D eigenvalue weighted by Crippen LogP contribution is 2.44. The van der Waals surface area contributed by atoms with Gasteiger partial charge in [0.25, 0.3) is 5.91 Å². The predicted molar refractivity (Wildman–Crippen MR) is 175 cm³/mol. The average molecular weight is 707 g/mol. The summed E-state index contributed by atoms with van der Waals surface area (Å²) in [6.07, 6.45) is 0.910. The van der Waals surface area contributed by atoms with E-state index in [9.17, 15) is 4.79 Å². The molecular weight excluding hydrogens is 674 g/mol. The van der Waals surface area contributed by atoms with E-state index in [4.69, 9.17) is 19.6 Å². The van der Waals surface area contributed by atoms with Gasteiger partial charge >= 0.3 is 0 Å². The van der Waals surface area contributed by atoms with Gasteiger partial charge in [0.2, 0.25) is 5.90 Å². The lowest BCUT2D eigenvalue weighted by Gasteiger charge is -2.31. The number of nitrogens with zero attached hydrogens (tertiary/aromatic N) is 1. The Labute approximate surface area is 268 Å². The number of benzene rings is 4. The van der Waals surface area contributed by atoms with Gasteiger partial charge in [0.05, 0.1) is 6.61 Å². The van der Waals surface area contributed by atoms with E-state index in [0.29, 0.717) is 37.6 Å². The van der Waals surface area contributed by atoms with Gasteiger partial charge in [-0.1, -0.05) is 92.5 Å². The first-order valence-corrected chi connectivity index (χ1v) is 15.7. The Bertz CT molecular complexity index is 1530. The molecule has 0 aliphatic carbocycles. The van der Waals surface area contributed by atoms with Crippen molar-refractivity contribution in [3.63, 3.8) is 0 Å². The lowest BCUT2D eigenvalue weighted by molar-refractivity contribution is -0.130. The van der Waals surface area contributed by atoms with Gasteiger partial charge in [-0.15, -0.1) is 0 Å². The van der Waals surface area contributed by atoms with Crippen LogP contribution in [0.4, 0.5) is 0 Å². The molecule has 1 amide bonds. The van der Waals surface area contributed by atoms with Gasteiger partial charge in [-0.25, -0.2) is 10.4 Å². The number of halogens is 2. The number of hydrazine groups is 1. The van der Waals surface area contributed by atoms with Gasteiger partial charge in [-0.3, -0.25) is 10.2 Å². The molecule has 222 valence electrons. The molecule has 4 aromatic carbocycles. The first kappa shape index (κ1) is 30.9. The van der Waals surface area contributed by atoms with Crippen LogP contribution in [-0.2, 0) is 22.4 Å². The SMILES string of the molecule is O=C(NNCCc1ccccc1)[C@@]1(Cc2ccc(Br)cc2)N=C(c2ccc(OCCCO)cc2)O[C@H]1c1ccccc1Br. The van der Waals surface area contributed by atoms with Crippen molar-refractivity contribution in [1.82, 2.24) is 10.9 Å². The lowest BCUT2D eigenvalue weighted by atomic mass is 9.82.